The lowest BCUT2D eigenvalue weighted by Crippen LogP contribution is -2.33. The molecule has 0 radical (unpaired) electrons. The van der Waals surface area contributed by atoms with E-state index < -0.39 is 0 Å². The first-order chi connectivity index (χ1) is 7.43. The lowest BCUT2D eigenvalue weighted by Gasteiger charge is -2.23. The summed E-state index contributed by atoms with van der Waals surface area (Å²) in [6, 6.07) is 5.82. The maximum atomic E-state index is 6.17. The third-order valence-corrected chi connectivity index (χ3v) is 4.07. The van der Waals surface area contributed by atoms with E-state index in [1.165, 1.54) is 0 Å². The van der Waals surface area contributed by atoms with Gasteiger partial charge in [-0.2, -0.15) is 0 Å². The van der Waals surface area contributed by atoms with E-state index >= 15 is 0 Å². The Hall–Kier alpha value is -0.240. The molecular weight excluding hydrogens is 241 g/mol. The average molecular weight is 260 g/mol. The SMILES string of the molecule is CC(C)C(C)C(N)Cc1cccc(Cl)c1Cl. The van der Waals surface area contributed by atoms with Gasteiger partial charge in [-0.25, -0.2) is 0 Å². The van der Waals surface area contributed by atoms with Crippen LogP contribution in [0.5, 0.6) is 0 Å². The molecule has 0 spiro atoms. The number of rotatable bonds is 4. The molecule has 0 amide bonds. The van der Waals surface area contributed by atoms with Gasteiger partial charge in [0.1, 0.15) is 0 Å². The number of hydrogen-bond donors (Lipinski definition) is 1. The Balaban J connectivity index is 2.77. The Morgan fingerprint density at radius 2 is 1.81 bits per heavy atom. The summed E-state index contributed by atoms with van der Waals surface area (Å²) in [6.07, 6.45) is 0.777. The molecule has 1 aromatic rings. The first-order valence-electron chi connectivity index (χ1n) is 5.62. The van der Waals surface area contributed by atoms with Gasteiger partial charge in [0.2, 0.25) is 0 Å². The van der Waals surface area contributed by atoms with Crippen LogP contribution in [0.15, 0.2) is 18.2 Å². The molecule has 0 saturated carbocycles. The highest BCUT2D eigenvalue weighted by atomic mass is 35.5. The minimum atomic E-state index is 0.121. The molecule has 3 heteroatoms. The van der Waals surface area contributed by atoms with E-state index in [2.05, 4.69) is 20.8 Å². The Bertz CT molecular complexity index is 350. The molecule has 0 saturated heterocycles. The van der Waals surface area contributed by atoms with Crippen molar-refractivity contribution in [3.05, 3.63) is 33.8 Å². The molecule has 1 nitrogen and oxygen atoms in total. The van der Waals surface area contributed by atoms with Gasteiger partial charge in [-0.05, 0) is 29.9 Å². The van der Waals surface area contributed by atoms with Gasteiger partial charge in [0.05, 0.1) is 10.0 Å². The summed E-state index contributed by atoms with van der Waals surface area (Å²) in [6.45, 7) is 6.54. The molecule has 2 unspecified atom stereocenters. The second-order valence-corrected chi connectivity index (χ2v) is 5.47. The Morgan fingerprint density at radius 1 is 1.19 bits per heavy atom. The largest absolute Gasteiger partial charge is 0.327 e. The van der Waals surface area contributed by atoms with Gasteiger partial charge in [0.25, 0.3) is 0 Å². The van der Waals surface area contributed by atoms with Crippen molar-refractivity contribution < 1.29 is 0 Å². The molecule has 16 heavy (non-hydrogen) atoms. The topological polar surface area (TPSA) is 26.0 Å². The minimum absolute atomic E-state index is 0.121. The predicted octanol–water partition coefficient (Wildman–Crippen LogP) is 4.16. The van der Waals surface area contributed by atoms with E-state index in [0.29, 0.717) is 21.9 Å². The van der Waals surface area contributed by atoms with Crippen LogP contribution in [0.3, 0.4) is 0 Å². The summed E-state index contributed by atoms with van der Waals surface area (Å²) in [5, 5.41) is 1.24. The lowest BCUT2D eigenvalue weighted by atomic mass is 9.87. The van der Waals surface area contributed by atoms with Crippen molar-refractivity contribution in [3.8, 4) is 0 Å². The van der Waals surface area contributed by atoms with Crippen LogP contribution in [0.4, 0.5) is 0 Å². The summed E-state index contributed by atoms with van der Waals surface area (Å²) in [5.41, 5.74) is 7.20. The van der Waals surface area contributed by atoms with Gasteiger partial charge >= 0.3 is 0 Å². The highest BCUT2D eigenvalue weighted by Gasteiger charge is 2.18. The van der Waals surface area contributed by atoms with Gasteiger partial charge in [-0.15, -0.1) is 0 Å². The minimum Gasteiger partial charge on any atom is -0.327 e. The van der Waals surface area contributed by atoms with Crippen LogP contribution in [0.2, 0.25) is 10.0 Å². The van der Waals surface area contributed by atoms with Gasteiger partial charge in [-0.3, -0.25) is 0 Å². The van der Waals surface area contributed by atoms with Gasteiger partial charge in [0, 0.05) is 6.04 Å². The van der Waals surface area contributed by atoms with E-state index in [4.69, 9.17) is 28.9 Å². The van der Waals surface area contributed by atoms with Crippen molar-refractivity contribution in [2.75, 3.05) is 0 Å². The molecule has 0 aromatic heterocycles. The second kappa shape index (κ2) is 5.90. The molecule has 0 fully saturated rings. The molecule has 0 aliphatic heterocycles. The molecule has 90 valence electrons. The van der Waals surface area contributed by atoms with E-state index in [-0.39, 0.29) is 6.04 Å². The zero-order valence-electron chi connectivity index (χ0n) is 10.0. The third-order valence-electron chi connectivity index (χ3n) is 3.21. The Kier molecular flexibility index (Phi) is 5.10. The number of benzene rings is 1. The standard InChI is InChI=1S/C13H19Cl2N/c1-8(2)9(3)12(16)7-10-5-4-6-11(14)13(10)15/h4-6,8-9,12H,7,16H2,1-3H3. The number of halogens is 2. The zero-order valence-corrected chi connectivity index (χ0v) is 11.5. The fraction of sp³-hybridized carbons (Fsp3) is 0.538. The smallest absolute Gasteiger partial charge is 0.0624 e. The maximum absolute atomic E-state index is 6.17. The fourth-order valence-electron chi connectivity index (χ4n) is 1.64. The van der Waals surface area contributed by atoms with Crippen molar-refractivity contribution in [1.29, 1.82) is 0 Å². The molecule has 1 aromatic carbocycles. The summed E-state index contributed by atoms with van der Waals surface area (Å²) < 4.78 is 0. The van der Waals surface area contributed by atoms with Crippen molar-refractivity contribution in [2.45, 2.75) is 33.2 Å². The zero-order chi connectivity index (χ0) is 12.3. The van der Waals surface area contributed by atoms with Crippen molar-refractivity contribution in [1.82, 2.24) is 0 Å². The average Bonchev–Trinajstić information content (AvgIpc) is 2.23. The second-order valence-electron chi connectivity index (χ2n) is 4.68. The third kappa shape index (κ3) is 3.38. The van der Waals surface area contributed by atoms with E-state index in [1.54, 1.807) is 6.07 Å². The molecule has 0 bridgehead atoms. The molecule has 0 aliphatic rings. The van der Waals surface area contributed by atoms with Crippen LogP contribution in [0.25, 0.3) is 0 Å². The first kappa shape index (κ1) is 13.8. The van der Waals surface area contributed by atoms with Crippen molar-refractivity contribution in [3.63, 3.8) is 0 Å². The summed E-state index contributed by atoms with van der Waals surface area (Å²) in [5.74, 6) is 1.04. The van der Waals surface area contributed by atoms with E-state index in [0.717, 1.165) is 12.0 Å². The van der Waals surface area contributed by atoms with Crippen molar-refractivity contribution in [2.24, 2.45) is 17.6 Å². The Labute approximate surface area is 108 Å². The maximum Gasteiger partial charge on any atom is 0.0624 e. The molecule has 0 heterocycles. The quantitative estimate of drug-likeness (QED) is 0.864. The fourth-order valence-corrected chi connectivity index (χ4v) is 2.04. The number of hydrogen-bond acceptors (Lipinski definition) is 1. The highest BCUT2D eigenvalue weighted by molar-refractivity contribution is 6.42. The van der Waals surface area contributed by atoms with Gasteiger partial charge in [-0.1, -0.05) is 56.1 Å². The summed E-state index contributed by atoms with van der Waals surface area (Å²) in [7, 11) is 0. The predicted molar refractivity (Wildman–Crippen MR) is 72.1 cm³/mol. The Morgan fingerprint density at radius 3 is 2.38 bits per heavy atom. The van der Waals surface area contributed by atoms with Crippen LogP contribution in [-0.4, -0.2) is 6.04 Å². The van der Waals surface area contributed by atoms with Crippen LogP contribution >= 0.6 is 23.2 Å². The summed E-state index contributed by atoms with van der Waals surface area (Å²) in [4.78, 5) is 0. The monoisotopic (exact) mass is 259 g/mol. The lowest BCUT2D eigenvalue weighted by molar-refractivity contribution is 0.344. The molecule has 0 aliphatic carbocycles. The van der Waals surface area contributed by atoms with Crippen molar-refractivity contribution >= 4 is 23.2 Å². The van der Waals surface area contributed by atoms with Crippen LogP contribution in [0.1, 0.15) is 26.3 Å². The van der Waals surface area contributed by atoms with E-state index in [1.807, 2.05) is 12.1 Å². The van der Waals surface area contributed by atoms with Gasteiger partial charge < -0.3 is 5.73 Å². The van der Waals surface area contributed by atoms with Crippen LogP contribution < -0.4 is 5.73 Å². The molecule has 1 rings (SSSR count). The highest BCUT2D eigenvalue weighted by Crippen LogP contribution is 2.27. The summed E-state index contributed by atoms with van der Waals surface area (Å²) >= 11 is 12.1. The molecular formula is C13H19Cl2N. The first-order valence-corrected chi connectivity index (χ1v) is 6.37. The molecule has 2 N–H and O–H groups in total. The number of nitrogens with two attached hydrogens (primary N) is 1. The van der Waals surface area contributed by atoms with E-state index in [9.17, 15) is 0 Å². The normalized spacial score (nSPS) is 15.2. The molecule has 2 atom stereocenters. The van der Waals surface area contributed by atoms with Gasteiger partial charge in [0.15, 0.2) is 0 Å². The van der Waals surface area contributed by atoms with Crippen LogP contribution in [-0.2, 0) is 6.42 Å². The van der Waals surface area contributed by atoms with Crippen LogP contribution in [0, 0.1) is 11.8 Å².